The Morgan fingerprint density at radius 3 is 1.87 bits per heavy atom. The number of nitrogen functional groups attached to an aromatic ring is 1. The van der Waals surface area contributed by atoms with Crippen molar-refractivity contribution in [3.8, 4) is 0 Å². The predicted molar refractivity (Wildman–Crippen MR) is 181 cm³/mol. The van der Waals surface area contributed by atoms with Crippen LogP contribution in [0.3, 0.4) is 0 Å². The number of nitrogens with one attached hydrogen (secondary N) is 3. The van der Waals surface area contributed by atoms with Crippen LogP contribution in [0.25, 0.3) is 22.2 Å². The first-order valence-electron chi connectivity index (χ1n) is 15.1. The van der Waals surface area contributed by atoms with Crippen LogP contribution in [0.1, 0.15) is 69.7 Å². The fraction of sp³-hybridized carbons (Fsp3) is 0.400. The number of halogens is 3. The zero-order chi connectivity index (χ0) is 32.6. The molecule has 2 aliphatic carbocycles. The third-order valence-electron chi connectivity index (χ3n) is 7.35. The molecular weight excluding hydrogens is 653 g/mol. The topological polar surface area (TPSA) is 176 Å². The molecule has 2 saturated carbocycles. The standard InChI is InChI=1S/C12H10ClN5O.C6H2Cl2N2O.C6H9N3.C6H15N/c13-12-14-7-3-4-19-10(7)11(16-12)15-9-5-8(17-18-9)6-1-2-6;7-5-4-3(1-2-11-4)9-6(8)10-5;7-6-3-5(8-9-6)4-1-2-4;1-4-7(5-2)6-3/h3-6H,1-2H2,(H2,14,15,16,17,18);1-2H;3-4H,1-2H2,(H3,7,8,9);4-6H2,1-3H3. The Hall–Kier alpha value is -3.91. The molecule has 0 aliphatic heterocycles. The summed E-state index contributed by atoms with van der Waals surface area (Å²) in [7, 11) is 0. The lowest BCUT2D eigenvalue weighted by molar-refractivity contribution is 0.321. The minimum absolute atomic E-state index is 0.129. The fourth-order valence-corrected chi connectivity index (χ4v) is 5.09. The molecule has 0 saturated heterocycles. The number of hydrogen-bond acceptors (Lipinski definition) is 11. The lowest BCUT2D eigenvalue weighted by Crippen LogP contribution is -2.21. The Labute approximate surface area is 280 Å². The van der Waals surface area contributed by atoms with Crippen molar-refractivity contribution in [1.29, 1.82) is 0 Å². The van der Waals surface area contributed by atoms with Crippen molar-refractivity contribution in [3.63, 3.8) is 0 Å². The molecule has 6 heterocycles. The minimum atomic E-state index is 0.129. The monoisotopic (exact) mass is 687 g/mol. The fourth-order valence-electron chi connectivity index (χ4n) is 4.47. The van der Waals surface area contributed by atoms with E-state index in [0.29, 0.717) is 45.6 Å². The van der Waals surface area contributed by atoms with Gasteiger partial charge in [-0.3, -0.25) is 10.2 Å². The second-order valence-corrected chi connectivity index (χ2v) is 11.7. The third-order valence-corrected chi connectivity index (χ3v) is 7.94. The number of rotatable bonds is 7. The molecule has 6 aromatic rings. The highest BCUT2D eigenvalue weighted by Crippen LogP contribution is 2.40. The molecule has 0 radical (unpaired) electrons. The number of aromatic nitrogens is 8. The molecule has 0 aromatic carbocycles. The lowest BCUT2D eigenvalue weighted by atomic mass is 10.3. The van der Waals surface area contributed by atoms with Gasteiger partial charge in [-0.05, 0) is 68.5 Å². The van der Waals surface area contributed by atoms with Gasteiger partial charge in [0, 0.05) is 47.5 Å². The summed E-state index contributed by atoms with van der Waals surface area (Å²) in [5.41, 5.74) is 10.1. The Bertz CT molecular complexity index is 1830. The minimum Gasteiger partial charge on any atom is -0.459 e. The van der Waals surface area contributed by atoms with E-state index >= 15 is 0 Å². The van der Waals surface area contributed by atoms with E-state index < -0.39 is 0 Å². The summed E-state index contributed by atoms with van der Waals surface area (Å²) in [5, 5.41) is 17.6. The number of hydrogen-bond donors (Lipinski definition) is 4. The van der Waals surface area contributed by atoms with E-state index in [0.717, 1.165) is 11.6 Å². The lowest BCUT2D eigenvalue weighted by Gasteiger charge is -2.13. The summed E-state index contributed by atoms with van der Waals surface area (Å²) in [6.45, 7) is 10.1. The second kappa shape index (κ2) is 15.6. The highest BCUT2D eigenvalue weighted by atomic mass is 35.5. The van der Waals surface area contributed by atoms with Crippen LogP contribution in [0, 0.1) is 0 Å². The normalized spacial score (nSPS) is 13.9. The third kappa shape index (κ3) is 9.09. The van der Waals surface area contributed by atoms with Crippen molar-refractivity contribution in [2.75, 3.05) is 30.7 Å². The largest absolute Gasteiger partial charge is 0.459 e. The van der Waals surface area contributed by atoms with Crippen molar-refractivity contribution >= 4 is 74.5 Å². The average molecular weight is 689 g/mol. The van der Waals surface area contributed by atoms with Gasteiger partial charge in [-0.1, -0.05) is 32.4 Å². The van der Waals surface area contributed by atoms with E-state index in [1.165, 1.54) is 57.3 Å². The number of anilines is 3. The Kier molecular flexibility index (Phi) is 11.3. The van der Waals surface area contributed by atoms with Crippen LogP contribution >= 0.6 is 34.8 Å². The van der Waals surface area contributed by atoms with Gasteiger partial charge < -0.3 is 24.8 Å². The van der Waals surface area contributed by atoms with Crippen LogP contribution in [0.15, 0.2) is 45.6 Å². The first-order chi connectivity index (χ1) is 22.3. The summed E-state index contributed by atoms with van der Waals surface area (Å²) in [6.07, 6.45) is 8.08. The van der Waals surface area contributed by atoms with E-state index in [9.17, 15) is 0 Å². The molecule has 16 heteroatoms. The number of aromatic amines is 2. The molecule has 6 aromatic heterocycles. The van der Waals surface area contributed by atoms with Gasteiger partial charge in [0.1, 0.15) is 16.9 Å². The predicted octanol–water partition coefficient (Wildman–Crippen LogP) is 7.97. The van der Waals surface area contributed by atoms with E-state index in [2.05, 4.69) is 71.3 Å². The molecule has 2 fully saturated rings. The van der Waals surface area contributed by atoms with Gasteiger partial charge in [0.2, 0.25) is 10.6 Å². The summed E-state index contributed by atoms with van der Waals surface area (Å²) in [4.78, 5) is 18.2. The molecule has 8 rings (SSSR count). The van der Waals surface area contributed by atoms with Gasteiger partial charge in [-0.15, -0.1) is 0 Å². The van der Waals surface area contributed by atoms with Crippen LogP contribution in [0.5, 0.6) is 0 Å². The highest BCUT2D eigenvalue weighted by molar-refractivity contribution is 6.35. The molecule has 5 N–H and O–H groups in total. The SMILES string of the molecule is CCN(CC)CC.Clc1nc(Cl)c2occc2n1.Clc1nc(Nc2cc(C3CC3)[nH]n2)c2occc2n1.Nc1cc(C2CC2)[nH]n1. The molecule has 0 spiro atoms. The van der Waals surface area contributed by atoms with E-state index in [1.54, 1.807) is 18.4 Å². The number of nitrogens with zero attached hydrogens (tertiary/aromatic N) is 7. The van der Waals surface area contributed by atoms with Crippen LogP contribution in [-0.2, 0) is 0 Å². The molecule has 0 atom stereocenters. The van der Waals surface area contributed by atoms with Gasteiger partial charge in [-0.2, -0.15) is 15.2 Å². The van der Waals surface area contributed by atoms with Gasteiger partial charge in [-0.25, -0.2) is 15.0 Å². The smallest absolute Gasteiger partial charge is 0.225 e. The zero-order valence-electron chi connectivity index (χ0n) is 25.7. The van der Waals surface area contributed by atoms with Gasteiger partial charge in [0.25, 0.3) is 0 Å². The van der Waals surface area contributed by atoms with Crippen molar-refractivity contribution in [2.24, 2.45) is 0 Å². The molecule has 2 aliphatic rings. The number of furan rings is 2. The van der Waals surface area contributed by atoms with Crippen LogP contribution in [0.4, 0.5) is 17.5 Å². The Balaban J connectivity index is 0.000000132. The van der Waals surface area contributed by atoms with Gasteiger partial charge in [0.05, 0.1) is 12.5 Å². The molecule has 0 bridgehead atoms. The molecular formula is C30H36Cl3N11O2. The van der Waals surface area contributed by atoms with Crippen LogP contribution < -0.4 is 11.1 Å². The summed E-state index contributed by atoms with van der Waals surface area (Å²) in [5.74, 6) is 3.19. The van der Waals surface area contributed by atoms with E-state index in [1.807, 2.05) is 12.1 Å². The maximum absolute atomic E-state index is 5.88. The molecule has 244 valence electrons. The Morgan fingerprint density at radius 1 is 0.783 bits per heavy atom. The number of fused-ring (bicyclic) bond motifs is 2. The van der Waals surface area contributed by atoms with Crippen LogP contribution in [0.2, 0.25) is 15.7 Å². The van der Waals surface area contributed by atoms with Crippen molar-refractivity contribution < 1.29 is 8.83 Å². The maximum Gasteiger partial charge on any atom is 0.225 e. The number of H-pyrrole nitrogens is 2. The summed E-state index contributed by atoms with van der Waals surface area (Å²) in [6, 6.07) is 7.32. The zero-order valence-corrected chi connectivity index (χ0v) is 28.0. The first-order valence-corrected chi connectivity index (χ1v) is 16.2. The molecule has 46 heavy (non-hydrogen) atoms. The summed E-state index contributed by atoms with van der Waals surface area (Å²) < 4.78 is 10.3. The number of nitrogens with two attached hydrogens (primary N) is 1. The highest BCUT2D eigenvalue weighted by Gasteiger charge is 2.26. The summed E-state index contributed by atoms with van der Waals surface area (Å²) >= 11 is 17.1. The van der Waals surface area contributed by atoms with Crippen molar-refractivity contribution in [2.45, 2.75) is 58.3 Å². The van der Waals surface area contributed by atoms with Gasteiger partial charge in [0.15, 0.2) is 28.0 Å². The Morgan fingerprint density at radius 2 is 1.33 bits per heavy atom. The van der Waals surface area contributed by atoms with E-state index in [4.69, 9.17) is 49.4 Å². The van der Waals surface area contributed by atoms with Crippen molar-refractivity contribution in [1.82, 2.24) is 45.2 Å². The maximum atomic E-state index is 5.88. The average Bonchev–Trinajstić information content (AvgIpc) is 3.83. The first kappa shape index (κ1) is 33.5. The van der Waals surface area contributed by atoms with Crippen molar-refractivity contribution in [3.05, 3.63) is 63.9 Å². The van der Waals surface area contributed by atoms with E-state index in [-0.39, 0.29) is 15.7 Å². The molecule has 13 nitrogen and oxygen atoms in total. The van der Waals surface area contributed by atoms with Gasteiger partial charge >= 0.3 is 0 Å². The molecule has 0 unspecified atom stereocenters. The quantitative estimate of drug-likeness (QED) is 0.0945. The second-order valence-electron chi connectivity index (χ2n) is 10.6. The van der Waals surface area contributed by atoms with Crippen LogP contribution in [-0.4, -0.2) is 64.9 Å². The molecule has 0 amide bonds.